The van der Waals surface area contributed by atoms with E-state index in [0.29, 0.717) is 13.0 Å². The summed E-state index contributed by atoms with van der Waals surface area (Å²) in [6, 6.07) is 10.1. The van der Waals surface area contributed by atoms with E-state index in [0.717, 1.165) is 31.5 Å². The van der Waals surface area contributed by atoms with Crippen LogP contribution < -0.4 is 4.90 Å². The fraction of sp³-hybridized carbons (Fsp3) is 0.588. The number of carbonyl (C=O) groups is 1. The van der Waals surface area contributed by atoms with Crippen molar-refractivity contribution in [2.24, 2.45) is 5.41 Å². The molecule has 0 saturated carbocycles. The average molecular weight is 277 g/mol. The molecule has 1 aromatic carbocycles. The van der Waals surface area contributed by atoms with Crippen LogP contribution in [0.25, 0.3) is 0 Å². The third-order valence-electron chi connectivity index (χ3n) is 3.76. The van der Waals surface area contributed by atoms with Crippen LogP contribution in [0.3, 0.4) is 0 Å². The van der Waals surface area contributed by atoms with Crippen LogP contribution in [0.2, 0.25) is 0 Å². The maximum Gasteiger partial charge on any atom is 0.311 e. The summed E-state index contributed by atoms with van der Waals surface area (Å²) in [5.74, 6) is -0.697. The summed E-state index contributed by atoms with van der Waals surface area (Å²) < 4.78 is 0. The van der Waals surface area contributed by atoms with Crippen molar-refractivity contribution < 1.29 is 9.90 Å². The minimum Gasteiger partial charge on any atom is -0.481 e. The molecule has 0 aliphatic heterocycles. The van der Waals surface area contributed by atoms with E-state index in [-0.39, 0.29) is 0 Å². The van der Waals surface area contributed by atoms with Crippen LogP contribution in [0.1, 0.15) is 46.5 Å². The number of nitrogens with zero attached hydrogens (tertiary/aromatic N) is 1. The number of hydrogen-bond acceptors (Lipinski definition) is 2. The first-order valence-electron chi connectivity index (χ1n) is 7.57. The highest BCUT2D eigenvalue weighted by Gasteiger charge is 2.34. The summed E-state index contributed by atoms with van der Waals surface area (Å²) in [5.41, 5.74) is 0.433. The zero-order valence-electron chi connectivity index (χ0n) is 12.9. The molecule has 0 bridgehead atoms. The molecular formula is C17H27NO2. The number of aliphatic carboxylic acids is 1. The van der Waals surface area contributed by atoms with E-state index in [2.05, 4.69) is 24.0 Å². The second kappa shape index (κ2) is 7.93. The first-order valence-corrected chi connectivity index (χ1v) is 7.57. The van der Waals surface area contributed by atoms with E-state index in [9.17, 15) is 9.90 Å². The number of hydrogen-bond donors (Lipinski definition) is 1. The molecule has 0 aromatic heterocycles. The molecule has 3 heteroatoms. The van der Waals surface area contributed by atoms with Gasteiger partial charge in [-0.05, 0) is 31.9 Å². The van der Waals surface area contributed by atoms with E-state index < -0.39 is 11.4 Å². The van der Waals surface area contributed by atoms with Crippen molar-refractivity contribution in [1.29, 1.82) is 0 Å². The van der Waals surface area contributed by atoms with Gasteiger partial charge in [0.15, 0.2) is 0 Å². The predicted octanol–water partition coefficient (Wildman–Crippen LogP) is 4.18. The van der Waals surface area contributed by atoms with Gasteiger partial charge in [-0.3, -0.25) is 4.79 Å². The molecule has 112 valence electrons. The summed E-state index contributed by atoms with van der Waals surface area (Å²) >= 11 is 0. The lowest BCUT2D eigenvalue weighted by atomic mass is 9.85. The van der Waals surface area contributed by atoms with Gasteiger partial charge in [-0.1, -0.05) is 44.9 Å². The molecule has 0 saturated heterocycles. The van der Waals surface area contributed by atoms with Crippen LogP contribution in [0, 0.1) is 5.41 Å². The van der Waals surface area contributed by atoms with Gasteiger partial charge in [0.25, 0.3) is 0 Å². The van der Waals surface area contributed by atoms with Gasteiger partial charge in [0.05, 0.1) is 5.41 Å². The van der Waals surface area contributed by atoms with Crippen LogP contribution in [0.5, 0.6) is 0 Å². The van der Waals surface area contributed by atoms with E-state index >= 15 is 0 Å². The van der Waals surface area contributed by atoms with Gasteiger partial charge in [-0.25, -0.2) is 0 Å². The molecule has 1 atom stereocenters. The quantitative estimate of drug-likeness (QED) is 0.736. The number of benzene rings is 1. The third kappa shape index (κ3) is 4.55. The lowest BCUT2D eigenvalue weighted by Crippen LogP contribution is -2.41. The molecule has 1 unspecified atom stereocenters. The first-order chi connectivity index (χ1) is 9.53. The van der Waals surface area contributed by atoms with E-state index in [1.165, 1.54) is 0 Å². The topological polar surface area (TPSA) is 40.5 Å². The van der Waals surface area contributed by atoms with Crippen molar-refractivity contribution in [3.05, 3.63) is 30.3 Å². The lowest BCUT2D eigenvalue weighted by Gasteiger charge is -2.34. The summed E-state index contributed by atoms with van der Waals surface area (Å²) in [6.07, 6.45) is 3.79. The van der Waals surface area contributed by atoms with Gasteiger partial charge < -0.3 is 10.0 Å². The summed E-state index contributed by atoms with van der Waals surface area (Å²) in [6.45, 7) is 7.54. The Kier molecular flexibility index (Phi) is 6.56. The van der Waals surface area contributed by atoms with Gasteiger partial charge in [-0.15, -0.1) is 0 Å². The van der Waals surface area contributed by atoms with Crippen molar-refractivity contribution in [2.75, 3.05) is 18.0 Å². The molecule has 3 nitrogen and oxygen atoms in total. The molecule has 0 radical (unpaired) electrons. The van der Waals surface area contributed by atoms with Crippen molar-refractivity contribution in [1.82, 2.24) is 0 Å². The molecule has 1 N–H and O–H groups in total. The molecule has 1 aromatic rings. The van der Waals surface area contributed by atoms with Crippen LogP contribution in [-0.4, -0.2) is 24.2 Å². The Morgan fingerprint density at radius 1 is 1.20 bits per heavy atom. The van der Waals surface area contributed by atoms with Crippen molar-refractivity contribution in [3.8, 4) is 0 Å². The van der Waals surface area contributed by atoms with Gasteiger partial charge in [0.2, 0.25) is 0 Å². The molecule has 0 heterocycles. The fourth-order valence-electron chi connectivity index (χ4n) is 2.51. The number of rotatable bonds is 9. The molecule has 0 spiro atoms. The van der Waals surface area contributed by atoms with Crippen molar-refractivity contribution in [3.63, 3.8) is 0 Å². The molecule has 1 rings (SSSR count). The number of para-hydroxylation sites is 1. The Labute approximate surface area is 122 Å². The highest BCUT2D eigenvalue weighted by Crippen LogP contribution is 2.28. The second-order valence-corrected chi connectivity index (χ2v) is 5.73. The number of carboxylic acids is 1. The SMILES string of the molecule is CCCCN(CC(C)(CCC)C(=O)O)c1ccccc1. The minimum absolute atomic E-state index is 0.570. The Morgan fingerprint density at radius 2 is 1.85 bits per heavy atom. The maximum absolute atomic E-state index is 11.6. The Balaban J connectivity index is 2.91. The Hall–Kier alpha value is -1.51. The van der Waals surface area contributed by atoms with Crippen LogP contribution in [0.15, 0.2) is 30.3 Å². The standard InChI is InChI=1S/C17H27NO2/c1-4-6-13-18(15-10-8-7-9-11-15)14-17(3,12-5-2)16(19)20/h7-11H,4-6,12-14H2,1-3H3,(H,19,20). The monoisotopic (exact) mass is 277 g/mol. The van der Waals surface area contributed by atoms with E-state index in [4.69, 9.17) is 0 Å². The smallest absolute Gasteiger partial charge is 0.311 e. The summed E-state index contributed by atoms with van der Waals surface area (Å²) in [7, 11) is 0. The number of carboxylic acid groups (broad SMARTS) is 1. The van der Waals surface area contributed by atoms with E-state index in [1.807, 2.05) is 32.0 Å². The number of anilines is 1. The fourth-order valence-corrected chi connectivity index (χ4v) is 2.51. The normalized spacial score (nSPS) is 13.8. The minimum atomic E-state index is -0.697. The molecule has 0 amide bonds. The van der Waals surface area contributed by atoms with Crippen LogP contribution >= 0.6 is 0 Å². The molecular weight excluding hydrogens is 250 g/mol. The molecule has 20 heavy (non-hydrogen) atoms. The Morgan fingerprint density at radius 3 is 2.35 bits per heavy atom. The Bertz CT molecular complexity index is 405. The highest BCUT2D eigenvalue weighted by atomic mass is 16.4. The van der Waals surface area contributed by atoms with Gasteiger partial charge in [-0.2, -0.15) is 0 Å². The third-order valence-corrected chi connectivity index (χ3v) is 3.76. The lowest BCUT2D eigenvalue weighted by molar-refractivity contribution is -0.147. The highest BCUT2D eigenvalue weighted by molar-refractivity contribution is 5.75. The van der Waals surface area contributed by atoms with Gasteiger partial charge >= 0.3 is 5.97 Å². The molecule has 0 aliphatic rings. The van der Waals surface area contributed by atoms with Crippen LogP contribution in [0.4, 0.5) is 5.69 Å². The van der Waals surface area contributed by atoms with Crippen molar-refractivity contribution in [2.45, 2.75) is 46.5 Å². The van der Waals surface area contributed by atoms with Crippen LogP contribution in [-0.2, 0) is 4.79 Å². The van der Waals surface area contributed by atoms with Gasteiger partial charge in [0, 0.05) is 18.8 Å². The maximum atomic E-state index is 11.6. The average Bonchev–Trinajstić information content (AvgIpc) is 2.44. The predicted molar refractivity (Wildman–Crippen MR) is 84.2 cm³/mol. The zero-order chi connectivity index (χ0) is 15.0. The largest absolute Gasteiger partial charge is 0.481 e. The second-order valence-electron chi connectivity index (χ2n) is 5.73. The number of unbranched alkanes of at least 4 members (excludes halogenated alkanes) is 1. The summed E-state index contributed by atoms with van der Waals surface area (Å²) in [4.78, 5) is 13.8. The van der Waals surface area contributed by atoms with E-state index in [1.54, 1.807) is 0 Å². The first kappa shape index (κ1) is 16.5. The molecule has 0 aliphatic carbocycles. The molecule has 0 fully saturated rings. The van der Waals surface area contributed by atoms with Crippen molar-refractivity contribution >= 4 is 11.7 Å². The zero-order valence-corrected chi connectivity index (χ0v) is 12.9. The van der Waals surface area contributed by atoms with Gasteiger partial charge in [0.1, 0.15) is 0 Å². The summed E-state index contributed by atoms with van der Waals surface area (Å²) in [5, 5.41) is 9.56.